The Hall–Kier alpha value is -1.80. The molecule has 1 saturated heterocycles. The maximum atomic E-state index is 13.3. The maximum absolute atomic E-state index is 13.3. The van der Waals surface area contributed by atoms with E-state index in [-0.39, 0.29) is 10.6 Å². The van der Waals surface area contributed by atoms with Gasteiger partial charge in [0.05, 0.1) is 22.8 Å². The maximum Gasteiger partial charge on any atom is 0.417 e. The summed E-state index contributed by atoms with van der Waals surface area (Å²) in [4.78, 5) is 4.49. The third-order valence-electron chi connectivity index (χ3n) is 7.22. The van der Waals surface area contributed by atoms with Crippen LogP contribution in [0.4, 0.5) is 13.2 Å². The van der Waals surface area contributed by atoms with Crippen molar-refractivity contribution in [2.45, 2.75) is 58.4 Å². The van der Waals surface area contributed by atoms with E-state index >= 15 is 0 Å². The molecule has 35 heavy (non-hydrogen) atoms. The Balaban J connectivity index is 1.60. The summed E-state index contributed by atoms with van der Waals surface area (Å²) in [6.45, 7) is 10.9. The van der Waals surface area contributed by atoms with E-state index in [2.05, 4.69) is 43.7 Å². The topological polar surface area (TPSA) is 35.9 Å². The first-order valence-corrected chi connectivity index (χ1v) is 12.5. The highest BCUT2D eigenvalue weighted by molar-refractivity contribution is 6.31. The molecule has 0 aliphatic carbocycles. The van der Waals surface area contributed by atoms with Crippen molar-refractivity contribution in [2.75, 3.05) is 39.8 Å². The average Bonchev–Trinajstić information content (AvgIpc) is 2.81. The lowest BCUT2D eigenvalue weighted by Crippen LogP contribution is -2.42. The third kappa shape index (κ3) is 6.91. The molecule has 8 heteroatoms. The molecule has 0 amide bonds. The number of aliphatic hydroxyl groups is 1. The minimum Gasteiger partial charge on any atom is -0.493 e. The van der Waals surface area contributed by atoms with Gasteiger partial charge in [0, 0.05) is 26.2 Å². The van der Waals surface area contributed by atoms with E-state index in [4.69, 9.17) is 16.3 Å². The zero-order valence-electron chi connectivity index (χ0n) is 21.0. The quantitative estimate of drug-likeness (QED) is 0.407. The Morgan fingerprint density at radius 3 is 2.43 bits per heavy atom. The number of halogens is 4. The molecular weight excluding hydrogens is 477 g/mol. The van der Waals surface area contributed by atoms with Crippen LogP contribution in [0, 0.1) is 13.8 Å². The third-order valence-corrected chi connectivity index (χ3v) is 7.55. The smallest absolute Gasteiger partial charge is 0.417 e. The fourth-order valence-corrected chi connectivity index (χ4v) is 4.72. The SMILES string of the molecule is CCN(C)CCCOc1ccc(CN2CCC(O)(c3ccc(Cl)c(C(F)(F)F)c3)CC2)c(C)c1C. The minimum absolute atomic E-state index is 0.271. The number of piperidine rings is 1. The summed E-state index contributed by atoms with van der Waals surface area (Å²) in [6, 6.07) is 7.82. The summed E-state index contributed by atoms with van der Waals surface area (Å²) >= 11 is 5.75. The van der Waals surface area contributed by atoms with Crippen LogP contribution in [-0.2, 0) is 18.3 Å². The van der Waals surface area contributed by atoms with E-state index in [1.165, 1.54) is 23.3 Å². The molecule has 1 N–H and O–H groups in total. The molecule has 1 fully saturated rings. The number of hydrogen-bond donors (Lipinski definition) is 1. The lowest BCUT2D eigenvalue weighted by Gasteiger charge is -2.39. The molecule has 2 aromatic carbocycles. The van der Waals surface area contributed by atoms with E-state index < -0.39 is 17.3 Å². The molecule has 0 saturated carbocycles. The summed E-state index contributed by atoms with van der Waals surface area (Å²) in [5.41, 5.74) is 1.57. The van der Waals surface area contributed by atoms with Gasteiger partial charge in [-0.25, -0.2) is 0 Å². The van der Waals surface area contributed by atoms with Gasteiger partial charge in [-0.05, 0) is 87.2 Å². The number of nitrogens with zero attached hydrogens (tertiary/aromatic N) is 2. The highest BCUT2D eigenvalue weighted by Crippen LogP contribution is 2.40. The van der Waals surface area contributed by atoms with Crippen molar-refractivity contribution in [1.82, 2.24) is 9.80 Å². The van der Waals surface area contributed by atoms with Gasteiger partial charge in [0.15, 0.2) is 0 Å². The second-order valence-corrected chi connectivity index (χ2v) is 9.98. The first-order chi connectivity index (χ1) is 16.4. The number of likely N-dealkylation sites (tertiary alicyclic amines) is 1. The van der Waals surface area contributed by atoms with Gasteiger partial charge in [0.25, 0.3) is 0 Å². The minimum atomic E-state index is -4.55. The zero-order valence-corrected chi connectivity index (χ0v) is 21.8. The molecule has 0 unspecified atom stereocenters. The molecule has 1 heterocycles. The van der Waals surface area contributed by atoms with Crippen LogP contribution in [0.5, 0.6) is 5.75 Å². The van der Waals surface area contributed by atoms with Gasteiger partial charge in [-0.1, -0.05) is 30.7 Å². The summed E-state index contributed by atoms with van der Waals surface area (Å²) in [5.74, 6) is 0.904. The second-order valence-electron chi connectivity index (χ2n) is 9.57. The van der Waals surface area contributed by atoms with Gasteiger partial charge in [0.2, 0.25) is 0 Å². The van der Waals surface area contributed by atoms with Crippen molar-refractivity contribution in [3.63, 3.8) is 0 Å². The van der Waals surface area contributed by atoms with Crippen molar-refractivity contribution in [3.8, 4) is 5.75 Å². The Kier molecular flexibility index (Phi) is 9.13. The normalized spacial score (nSPS) is 16.6. The zero-order chi connectivity index (χ0) is 25.8. The molecule has 2 aromatic rings. The largest absolute Gasteiger partial charge is 0.493 e. The Bertz CT molecular complexity index is 1000. The molecule has 0 bridgehead atoms. The number of alkyl halides is 3. The van der Waals surface area contributed by atoms with E-state index in [1.807, 2.05) is 6.07 Å². The number of ether oxygens (including phenoxy) is 1. The predicted molar refractivity (Wildman–Crippen MR) is 134 cm³/mol. The second kappa shape index (κ2) is 11.5. The molecule has 1 aliphatic heterocycles. The van der Waals surface area contributed by atoms with Crippen LogP contribution in [0.3, 0.4) is 0 Å². The average molecular weight is 513 g/mol. The summed E-state index contributed by atoms with van der Waals surface area (Å²) in [7, 11) is 2.10. The molecule has 0 spiro atoms. The van der Waals surface area contributed by atoms with Gasteiger partial charge < -0.3 is 14.7 Å². The van der Waals surface area contributed by atoms with Gasteiger partial charge in [0.1, 0.15) is 5.75 Å². The van der Waals surface area contributed by atoms with E-state index in [0.717, 1.165) is 43.4 Å². The summed E-state index contributed by atoms with van der Waals surface area (Å²) in [6.07, 6.45) is -2.87. The van der Waals surface area contributed by atoms with Crippen molar-refractivity contribution in [1.29, 1.82) is 0 Å². The van der Waals surface area contributed by atoms with Crippen molar-refractivity contribution in [3.05, 3.63) is 63.2 Å². The molecule has 0 aromatic heterocycles. The molecule has 0 atom stereocenters. The van der Waals surface area contributed by atoms with Gasteiger partial charge in [-0.2, -0.15) is 13.2 Å². The Labute approximate surface area is 211 Å². The van der Waals surface area contributed by atoms with E-state index in [9.17, 15) is 18.3 Å². The fraction of sp³-hybridized carbons (Fsp3) is 0.556. The Morgan fingerprint density at radius 2 is 1.80 bits per heavy atom. The fourth-order valence-electron chi connectivity index (χ4n) is 4.50. The lowest BCUT2D eigenvalue weighted by molar-refractivity contribution is -0.137. The number of benzene rings is 2. The summed E-state index contributed by atoms with van der Waals surface area (Å²) < 4.78 is 45.8. The predicted octanol–water partition coefficient (Wildman–Crippen LogP) is 6.18. The van der Waals surface area contributed by atoms with Crippen LogP contribution < -0.4 is 4.74 Å². The summed E-state index contributed by atoms with van der Waals surface area (Å²) in [5, 5.41) is 10.8. The molecule has 194 valence electrons. The van der Waals surface area contributed by atoms with Crippen LogP contribution in [0.15, 0.2) is 30.3 Å². The molecule has 0 radical (unpaired) electrons. The van der Waals surface area contributed by atoms with Crippen LogP contribution in [0.1, 0.15) is 54.0 Å². The van der Waals surface area contributed by atoms with E-state index in [0.29, 0.717) is 32.5 Å². The standard InChI is InChI=1S/C27H36ClF3N2O2/c1-5-32(4)13-6-16-35-25-10-7-21(19(2)20(25)3)18-33-14-11-26(34,12-15-33)22-8-9-24(28)23(17-22)27(29,30)31/h7-10,17,34H,5-6,11-16,18H2,1-4H3. The molecular formula is C27H36ClF3N2O2. The van der Waals surface area contributed by atoms with Gasteiger partial charge in [-0.3, -0.25) is 4.90 Å². The Morgan fingerprint density at radius 1 is 1.11 bits per heavy atom. The van der Waals surface area contributed by atoms with Crippen LogP contribution in [0.25, 0.3) is 0 Å². The highest BCUT2D eigenvalue weighted by Gasteiger charge is 2.38. The van der Waals surface area contributed by atoms with Crippen molar-refractivity contribution in [2.24, 2.45) is 0 Å². The molecule has 1 aliphatic rings. The van der Waals surface area contributed by atoms with E-state index in [1.54, 1.807) is 0 Å². The number of rotatable bonds is 9. The van der Waals surface area contributed by atoms with Crippen LogP contribution in [-0.4, -0.2) is 54.7 Å². The molecule has 4 nitrogen and oxygen atoms in total. The van der Waals surface area contributed by atoms with Crippen molar-refractivity contribution >= 4 is 11.6 Å². The lowest BCUT2D eigenvalue weighted by atomic mass is 9.83. The number of hydrogen-bond acceptors (Lipinski definition) is 4. The van der Waals surface area contributed by atoms with Crippen LogP contribution >= 0.6 is 11.6 Å². The monoisotopic (exact) mass is 512 g/mol. The van der Waals surface area contributed by atoms with Gasteiger partial charge in [-0.15, -0.1) is 0 Å². The van der Waals surface area contributed by atoms with Gasteiger partial charge >= 0.3 is 6.18 Å². The highest BCUT2D eigenvalue weighted by atomic mass is 35.5. The first kappa shape index (κ1) is 27.8. The van der Waals surface area contributed by atoms with Crippen molar-refractivity contribution < 1.29 is 23.0 Å². The molecule has 3 rings (SSSR count). The first-order valence-electron chi connectivity index (χ1n) is 12.2. The van der Waals surface area contributed by atoms with Crippen LogP contribution in [0.2, 0.25) is 5.02 Å².